The van der Waals surface area contributed by atoms with E-state index >= 15 is 0 Å². The first-order valence-electron chi connectivity index (χ1n) is 8.08. The zero-order chi connectivity index (χ0) is 16.8. The van der Waals surface area contributed by atoms with Gasteiger partial charge in [0.1, 0.15) is 5.82 Å². The summed E-state index contributed by atoms with van der Waals surface area (Å²) < 4.78 is 24.8. The highest BCUT2D eigenvalue weighted by Gasteiger charge is 2.28. The Hall–Kier alpha value is -1.43. The highest BCUT2D eigenvalue weighted by atomic mass is 32.2. The Balaban J connectivity index is 2.05. The zero-order valence-electron chi connectivity index (χ0n) is 13.7. The lowest BCUT2D eigenvalue weighted by molar-refractivity contribution is 0.229. The molecule has 128 valence electrons. The van der Waals surface area contributed by atoms with Crippen LogP contribution in [0.5, 0.6) is 0 Å². The molecule has 1 aliphatic carbocycles. The molecular formula is C17H25FN2O2S. The van der Waals surface area contributed by atoms with E-state index in [1.165, 1.54) is 12.1 Å². The molecule has 0 unspecified atom stereocenters. The minimum absolute atomic E-state index is 0.169. The van der Waals surface area contributed by atoms with Crippen LogP contribution < -0.4 is 10.6 Å². The zero-order valence-corrected chi connectivity index (χ0v) is 14.5. The molecule has 0 saturated heterocycles. The predicted molar refractivity (Wildman–Crippen MR) is 91.2 cm³/mol. The van der Waals surface area contributed by atoms with Gasteiger partial charge in [-0.3, -0.25) is 4.21 Å². The van der Waals surface area contributed by atoms with Gasteiger partial charge in [0.25, 0.3) is 0 Å². The molecule has 2 amide bonds. The summed E-state index contributed by atoms with van der Waals surface area (Å²) in [5.74, 6) is 0.460. The normalized spacial score (nSPS) is 19.1. The second kappa shape index (κ2) is 8.43. The molecular weight excluding hydrogens is 315 g/mol. The van der Waals surface area contributed by atoms with Gasteiger partial charge in [-0.2, -0.15) is 0 Å². The van der Waals surface area contributed by atoms with Crippen LogP contribution in [-0.4, -0.2) is 28.3 Å². The Bertz CT molecular complexity index is 561. The van der Waals surface area contributed by atoms with E-state index in [4.69, 9.17) is 0 Å². The van der Waals surface area contributed by atoms with Crippen molar-refractivity contribution < 1.29 is 13.4 Å². The predicted octanol–water partition coefficient (Wildman–Crippen LogP) is 3.12. The van der Waals surface area contributed by atoms with Crippen LogP contribution in [-0.2, 0) is 10.8 Å². The third-order valence-corrected chi connectivity index (χ3v) is 5.20. The minimum Gasteiger partial charge on any atom is -0.335 e. The Kier molecular flexibility index (Phi) is 6.57. The standard InChI is InChI=1S/C17H25FN2O2S/c1-12(11-23(2)22)19-17(21)20-16(13-6-3-4-7-13)14-8-5-9-15(18)10-14/h5,8-10,12-13,16H,3-4,6-7,11H2,1-2H3,(H2,19,20,21)/t12-,16+,23-/m1/s1. The summed E-state index contributed by atoms with van der Waals surface area (Å²) in [5, 5.41) is 5.80. The molecule has 1 fully saturated rings. The fraction of sp³-hybridized carbons (Fsp3) is 0.588. The van der Waals surface area contributed by atoms with Crippen molar-refractivity contribution in [1.29, 1.82) is 0 Å². The van der Waals surface area contributed by atoms with Crippen LogP contribution in [0.15, 0.2) is 24.3 Å². The van der Waals surface area contributed by atoms with Crippen LogP contribution in [0.3, 0.4) is 0 Å². The quantitative estimate of drug-likeness (QED) is 0.836. The number of rotatable bonds is 6. The average molecular weight is 340 g/mol. The van der Waals surface area contributed by atoms with Crippen LogP contribution in [0, 0.1) is 11.7 Å². The van der Waals surface area contributed by atoms with E-state index in [1.807, 2.05) is 13.0 Å². The van der Waals surface area contributed by atoms with Crippen LogP contribution in [0.1, 0.15) is 44.2 Å². The molecule has 6 heteroatoms. The van der Waals surface area contributed by atoms with Crippen LogP contribution in [0.4, 0.5) is 9.18 Å². The fourth-order valence-corrected chi connectivity index (χ4v) is 4.05. The summed E-state index contributed by atoms with van der Waals surface area (Å²) in [4.78, 5) is 12.2. The van der Waals surface area contributed by atoms with E-state index in [9.17, 15) is 13.4 Å². The maximum absolute atomic E-state index is 13.5. The van der Waals surface area contributed by atoms with Gasteiger partial charge < -0.3 is 10.6 Å². The maximum Gasteiger partial charge on any atom is 0.315 e. The first-order valence-corrected chi connectivity index (χ1v) is 9.81. The summed E-state index contributed by atoms with van der Waals surface area (Å²) >= 11 is 0. The van der Waals surface area contributed by atoms with Crippen LogP contribution in [0.2, 0.25) is 0 Å². The fourth-order valence-electron chi connectivity index (χ4n) is 3.26. The molecule has 4 nitrogen and oxygen atoms in total. The molecule has 0 radical (unpaired) electrons. The molecule has 0 aliphatic heterocycles. The molecule has 0 spiro atoms. The number of hydrogen-bond acceptors (Lipinski definition) is 2. The number of benzene rings is 1. The molecule has 0 heterocycles. The molecule has 2 N–H and O–H groups in total. The Morgan fingerprint density at radius 1 is 1.35 bits per heavy atom. The summed E-state index contributed by atoms with van der Waals surface area (Å²) in [6.07, 6.45) is 5.98. The van der Waals surface area contributed by atoms with Gasteiger partial charge in [0.15, 0.2) is 0 Å². The Morgan fingerprint density at radius 2 is 2.04 bits per heavy atom. The van der Waals surface area contributed by atoms with Gasteiger partial charge in [-0.05, 0) is 43.4 Å². The topological polar surface area (TPSA) is 58.2 Å². The summed E-state index contributed by atoms with van der Waals surface area (Å²) in [6, 6.07) is 5.79. The third-order valence-electron chi connectivity index (χ3n) is 4.23. The van der Waals surface area contributed by atoms with E-state index in [0.29, 0.717) is 11.7 Å². The van der Waals surface area contributed by atoms with Crippen molar-refractivity contribution in [2.45, 2.75) is 44.7 Å². The van der Waals surface area contributed by atoms with Crippen molar-refractivity contribution in [3.8, 4) is 0 Å². The molecule has 2 rings (SSSR count). The molecule has 0 bridgehead atoms. The second-order valence-corrected chi connectivity index (χ2v) is 7.82. The van der Waals surface area contributed by atoms with Gasteiger partial charge in [-0.25, -0.2) is 9.18 Å². The number of halogens is 1. The monoisotopic (exact) mass is 340 g/mol. The van der Waals surface area contributed by atoms with Gasteiger partial charge >= 0.3 is 6.03 Å². The highest BCUT2D eigenvalue weighted by Crippen LogP contribution is 2.35. The number of carbonyl (C=O) groups is 1. The van der Waals surface area contributed by atoms with Crippen molar-refractivity contribution in [3.05, 3.63) is 35.6 Å². The van der Waals surface area contributed by atoms with Crippen LogP contribution in [0.25, 0.3) is 0 Å². The SMILES string of the molecule is C[C@H](C[S@@](C)=O)NC(=O)N[C@H](c1cccc(F)c1)C1CCCC1. The summed E-state index contributed by atoms with van der Waals surface area (Å²) in [7, 11) is -0.958. The van der Waals surface area contributed by atoms with Crippen molar-refractivity contribution in [3.63, 3.8) is 0 Å². The molecule has 1 aromatic rings. The Morgan fingerprint density at radius 3 is 2.65 bits per heavy atom. The lowest BCUT2D eigenvalue weighted by atomic mass is 9.91. The van der Waals surface area contributed by atoms with Crippen molar-refractivity contribution >= 4 is 16.8 Å². The van der Waals surface area contributed by atoms with Gasteiger partial charge in [0, 0.05) is 28.9 Å². The molecule has 3 atom stereocenters. The largest absolute Gasteiger partial charge is 0.335 e. The van der Waals surface area contributed by atoms with Gasteiger partial charge in [-0.1, -0.05) is 25.0 Å². The number of amides is 2. The lowest BCUT2D eigenvalue weighted by Gasteiger charge is -2.26. The first-order chi connectivity index (χ1) is 11.0. The molecule has 0 aromatic heterocycles. The number of nitrogens with one attached hydrogen (secondary N) is 2. The van der Waals surface area contributed by atoms with Gasteiger partial charge in [-0.15, -0.1) is 0 Å². The number of urea groups is 1. The smallest absolute Gasteiger partial charge is 0.315 e. The Labute approximate surface area is 139 Å². The lowest BCUT2D eigenvalue weighted by Crippen LogP contribution is -2.45. The summed E-state index contributed by atoms with van der Waals surface area (Å²) in [6.45, 7) is 1.83. The number of carbonyl (C=O) groups excluding carboxylic acids is 1. The van der Waals surface area contributed by atoms with Gasteiger partial charge in [0.2, 0.25) is 0 Å². The highest BCUT2D eigenvalue weighted by molar-refractivity contribution is 7.84. The summed E-state index contributed by atoms with van der Waals surface area (Å²) in [5.41, 5.74) is 0.804. The molecule has 1 aliphatic rings. The first kappa shape index (κ1) is 17.9. The number of hydrogen-bond donors (Lipinski definition) is 2. The third kappa shape index (κ3) is 5.61. The van der Waals surface area contributed by atoms with Crippen molar-refractivity contribution in [2.75, 3.05) is 12.0 Å². The van der Waals surface area contributed by atoms with E-state index in [1.54, 1.807) is 12.3 Å². The van der Waals surface area contributed by atoms with Crippen LogP contribution >= 0.6 is 0 Å². The van der Waals surface area contributed by atoms with Crippen molar-refractivity contribution in [1.82, 2.24) is 10.6 Å². The van der Waals surface area contributed by atoms with E-state index in [0.717, 1.165) is 31.2 Å². The molecule has 1 aromatic carbocycles. The van der Waals surface area contributed by atoms with E-state index < -0.39 is 10.8 Å². The van der Waals surface area contributed by atoms with E-state index in [2.05, 4.69) is 10.6 Å². The van der Waals surface area contributed by atoms with Crippen molar-refractivity contribution in [2.24, 2.45) is 5.92 Å². The van der Waals surface area contributed by atoms with E-state index in [-0.39, 0.29) is 23.9 Å². The maximum atomic E-state index is 13.5. The minimum atomic E-state index is -0.958. The molecule has 1 saturated carbocycles. The second-order valence-electron chi connectivity index (χ2n) is 6.34. The van der Waals surface area contributed by atoms with Gasteiger partial charge in [0.05, 0.1) is 6.04 Å². The average Bonchev–Trinajstić information content (AvgIpc) is 2.97. The molecule has 23 heavy (non-hydrogen) atoms.